The minimum Gasteiger partial charge on any atom is -0.323 e. The second-order valence-corrected chi connectivity index (χ2v) is 6.77. The van der Waals surface area contributed by atoms with E-state index >= 15 is 0 Å². The van der Waals surface area contributed by atoms with Crippen LogP contribution in [0.15, 0.2) is 28.7 Å². The van der Waals surface area contributed by atoms with Crippen LogP contribution in [-0.2, 0) is 20.2 Å². The highest BCUT2D eigenvalue weighted by Crippen LogP contribution is 2.53. The van der Waals surface area contributed by atoms with E-state index in [2.05, 4.69) is 15.9 Å². The molecule has 0 N–H and O–H groups in total. The Kier molecular flexibility index (Phi) is 2.78. The van der Waals surface area contributed by atoms with Crippen LogP contribution >= 0.6 is 15.9 Å². The molecule has 0 radical (unpaired) electrons. The zero-order chi connectivity index (χ0) is 12.9. The molecule has 1 spiro atoms. The first-order valence-electron chi connectivity index (χ1n) is 6.94. The summed E-state index contributed by atoms with van der Waals surface area (Å²) in [6.07, 6.45) is 5.09. The van der Waals surface area contributed by atoms with Crippen molar-refractivity contribution in [2.75, 3.05) is 13.2 Å². The van der Waals surface area contributed by atoms with Crippen molar-refractivity contribution < 1.29 is 14.2 Å². The van der Waals surface area contributed by atoms with Gasteiger partial charge in [0.2, 0.25) is 0 Å². The number of benzene rings is 1. The highest BCUT2D eigenvalue weighted by Gasteiger charge is 2.59. The first kappa shape index (κ1) is 12.3. The second-order valence-electron chi connectivity index (χ2n) is 5.86. The molecule has 4 aliphatic rings. The maximum absolute atomic E-state index is 6.23. The Hall–Kier alpha value is -0.420. The van der Waals surface area contributed by atoms with Crippen LogP contribution in [0.1, 0.15) is 31.2 Å². The molecule has 3 aliphatic heterocycles. The summed E-state index contributed by atoms with van der Waals surface area (Å²) in [6.45, 7) is 1.52. The molecule has 1 aromatic rings. The second kappa shape index (κ2) is 4.29. The fourth-order valence-electron chi connectivity index (χ4n) is 3.49. The standard InChI is InChI=1S/C15H17BrO3/c16-12-6-4-11(5-7-12)15-17-9-14(10-18-15)8-2-1-3-13(14)19-15/h4-7,13H,1-3,8-10H2. The van der Waals surface area contributed by atoms with E-state index in [1.165, 1.54) is 12.8 Å². The lowest BCUT2D eigenvalue weighted by atomic mass is 9.71. The van der Waals surface area contributed by atoms with Gasteiger partial charge in [-0.25, -0.2) is 0 Å². The maximum Gasteiger partial charge on any atom is 0.312 e. The van der Waals surface area contributed by atoms with Gasteiger partial charge in [-0.05, 0) is 37.1 Å². The van der Waals surface area contributed by atoms with Gasteiger partial charge in [-0.3, -0.25) is 0 Å². The van der Waals surface area contributed by atoms with E-state index in [9.17, 15) is 0 Å². The third kappa shape index (κ3) is 1.81. The normalized spacial score (nSPS) is 41.0. The van der Waals surface area contributed by atoms with Gasteiger partial charge in [0.15, 0.2) is 0 Å². The van der Waals surface area contributed by atoms with Crippen LogP contribution in [0.3, 0.4) is 0 Å². The molecule has 102 valence electrons. The number of ether oxygens (including phenoxy) is 3. The van der Waals surface area contributed by atoms with E-state index in [4.69, 9.17) is 14.2 Å². The zero-order valence-electron chi connectivity index (χ0n) is 10.7. The lowest BCUT2D eigenvalue weighted by Gasteiger charge is -2.58. The summed E-state index contributed by atoms with van der Waals surface area (Å²) in [7, 11) is 0. The van der Waals surface area contributed by atoms with Gasteiger partial charge in [-0.2, -0.15) is 0 Å². The molecule has 1 aromatic carbocycles. The van der Waals surface area contributed by atoms with Crippen molar-refractivity contribution in [1.29, 1.82) is 0 Å². The average molecular weight is 325 g/mol. The van der Waals surface area contributed by atoms with Crippen molar-refractivity contribution in [2.45, 2.75) is 37.8 Å². The zero-order valence-corrected chi connectivity index (χ0v) is 12.3. The number of fused-ring (bicyclic) bond motifs is 2. The van der Waals surface area contributed by atoms with E-state index in [0.29, 0.717) is 0 Å². The predicted octanol–water partition coefficient (Wildman–Crippen LogP) is 3.57. The largest absolute Gasteiger partial charge is 0.323 e. The molecule has 3 heterocycles. The van der Waals surface area contributed by atoms with Crippen LogP contribution < -0.4 is 0 Å². The summed E-state index contributed by atoms with van der Waals surface area (Å²) in [5, 5.41) is 0. The molecular weight excluding hydrogens is 308 g/mol. The molecule has 19 heavy (non-hydrogen) atoms. The molecule has 1 saturated carbocycles. The molecule has 0 aromatic heterocycles. The Labute approximate surface area is 121 Å². The summed E-state index contributed by atoms with van der Waals surface area (Å²) in [4.78, 5) is 0. The Morgan fingerprint density at radius 1 is 1.05 bits per heavy atom. The van der Waals surface area contributed by atoms with Crippen molar-refractivity contribution >= 4 is 15.9 Å². The van der Waals surface area contributed by atoms with Crippen LogP contribution in [0, 0.1) is 5.41 Å². The number of halogens is 1. The highest BCUT2D eigenvalue weighted by atomic mass is 79.9. The van der Waals surface area contributed by atoms with Gasteiger partial charge in [-0.1, -0.05) is 28.8 Å². The molecular formula is C15H17BrO3. The van der Waals surface area contributed by atoms with E-state index < -0.39 is 5.97 Å². The van der Waals surface area contributed by atoms with Crippen LogP contribution in [0.25, 0.3) is 0 Å². The Bertz CT molecular complexity index is 477. The lowest BCUT2D eigenvalue weighted by molar-refractivity contribution is -0.503. The molecule has 1 atom stereocenters. The monoisotopic (exact) mass is 324 g/mol. The molecule has 1 aliphatic carbocycles. The molecule has 3 nitrogen and oxygen atoms in total. The summed E-state index contributed by atoms with van der Waals surface area (Å²) in [6, 6.07) is 8.01. The summed E-state index contributed by atoms with van der Waals surface area (Å²) in [5.41, 5.74) is 1.06. The maximum atomic E-state index is 6.23. The third-order valence-corrected chi connectivity index (χ3v) is 5.20. The minimum absolute atomic E-state index is 0.107. The van der Waals surface area contributed by atoms with E-state index in [-0.39, 0.29) is 11.5 Å². The van der Waals surface area contributed by atoms with Crippen LogP contribution in [-0.4, -0.2) is 19.3 Å². The van der Waals surface area contributed by atoms with Crippen molar-refractivity contribution in [3.8, 4) is 0 Å². The highest BCUT2D eigenvalue weighted by molar-refractivity contribution is 9.10. The van der Waals surface area contributed by atoms with E-state index in [1.807, 2.05) is 24.3 Å². The number of hydrogen-bond donors (Lipinski definition) is 0. The van der Waals surface area contributed by atoms with Gasteiger partial charge in [0, 0.05) is 15.5 Å². The van der Waals surface area contributed by atoms with Crippen LogP contribution in [0.4, 0.5) is 0 Å². The van der Waals surface area contributed by atoms with E-state index in [1.54, 1.807) is 0 Å². The minimum atomic E-state index is -0.968. The molecule has 4 heteroatoms. The predicted molar refractivity (Wildman–Crippen MR) is 73.5 cm³/mol. The van der Waals surface area contributed by atoms with Gasteiger partial charge in [0.05, 0.1) is 19.3 Å². The van der Waals surface area contributed by atoms with Gasteiger partial charge < -0.3 is 14.2 Å². The summed E-state index contributed by atoms with van der Waals surface area (Å²) in [5.74, 6) is -0.968. The average Bonchev–Trinajstić information content (AvgIpc) is 2.47. The Morgan fingerprint density at radius 2 is 1.79 bits per heavy atom. The number of rotatable bonds is 1. The van der Waals surface area contributed by atoms with Crippen molar-refractivity contribution in [3.05, 3.63) is 34.3 Å². The first-order valence-corrected chi connectivity index (χ1v) is 7.74. The fraction of sp³-hybridized carbons (Fsp3) is 0.600. The Morgan fingerprint density at radius 3 is 2.53 bits per heavy atom. The van der Waals surface area contributed by atoms with E-state index in [0.717, 1.165) is 36.1 Å². The van der Waals surface area contributed by atoms with Gasteiger partial charge in [0.1, 0.15) is 0 Å². The molecule has 4 fully saturated rings. The van der Waals surface area contributed by atoms with Gasteiger partial charge in [0.25, 0.3) is 0 Å². The first-order chi connectivity index (χ1) is 9.23. The lowest BCUT2D eigenvalue weighted by Crippen LogP contribution is -2.63. The third-order valence-electron chi connectivity index (χ3n) is 4.67. The fourth-order valence-corrected chi connectivity index (χ4v) is 3.76. The molecule has 1 unspecified atom stereocenters. The van der Waals surface area contributed by atoms with Crippen molar-refractivity contribution in [3.63, 3.8) is 0 Å². The number of hydrogen-bond acceptors (Lipinski definition) is 3. The van der Waals surface area contributed by atoms with Crippen molar-refractivity contribution in [2.24, 2.45) is 5.41 Å². The summed E-state index contributed by atoms with van der Waals surface area (Å²) >= 11 is 3.45. The van der Waals surface area contributed by atoms with Crippen LogP contribution in [0.5, 0.6) is 0 Å². The summed E-state index contributed by atoms with van der Waals surface area (Å²) < 4.78 is 19.3. The SMILES string of the molecule is Brc1ccc(C23OCC4(CCCCC4O2)CO3)cc1. The van der Waals surface area contributed by atoms with Crippen molar-refractivity contribution in [1.82, 2.24) is 0 Å². The Balaban J connectivity index is 1.68. The topological polar surface area (TPSA) is 27.7 Å². The molecule has 2 bridgehead atoms. The quantitative estimate of drug-likeness (QED) is 0.790. The van der Waals surface area contributed by atoms with Crippen LogP contribution in [0.2, 0.25) is 0 Å². The smallest absolute Gasteiger partial charge is 0.312 e. The molecule has 3 saturated heterocycles. The molecule has 0 amide bonds. The molecule has 5 rings (SSSR count). The van der Waals surface area contributed by atoms with Gasteiger partial charge >= 0.3 is 5.97 Å². The van der Waals surface area contributed by atoms with Gasteiger partial charge in [-0.15, -0.1) is 0 Å².